The van der Waals surface area contributed by atoms with Gasteiger partial charge < -0.3 is 15.4 Å². The van der Waals surface area contributed by atoms with Crippen LogP contribution >= 0.6 is 0 Å². The van der Waals surface area contributed by atoms with Crippen molar-refractivity contribution in [3.63, 3.8) is 0 Å². The molecule has 162 valence electrons. The first kappa shape index (κ1) is 22.1. The summed E-state index contributed by atoms with van der Waals surface area (Å²) >= 11 is 0. The van der Waals surface area contributed by atoms with E-state index in [0.29, 0.717) is 18.1 Å². The van der Waals surface area contributed by atoms with Crippen LogP contribution in [0.5, 0.6) is 0 Å². The number of guanidine groups is 1. The van der Waals surface area contributed by atoms with Crippen LogP contribution in [0.3, 0.4) is 0 Å². The minimum absolute atomic E-state index is 0.428. The van der Waals surface area contributed by atoms with Gasteiger partial charge in [0.05, 0.1) is 19.8 Å². The molecule has 0 spiro atoms. The molecule has 2 unspecified atom stereocenters. The van der Waals surface area contributed by atoms with Gasteiger partial charge >= 0.3 is 0 Å². The minimum Gasteiger partial charge on any atom is -0.379 e. The van der Waals surface area contributed by atoms with Crippen molar-refractivity contribution < 1.29 is 4.74 Å². The predicted molar refractivity (Wildman–Crippen MR) is 120 cm³/mol. The molecule has 2 heterocycles. The van der Waals surface area contributed by atoms with E-state index in [0.717, 1.165) is 71.3 Å². The van der Waals surface area contributed by atoms with Crippen LogP contribution in [-0.2, 0) is 11.3 Å². The summed E-state index contributed by atoms with van der Waals surface area (Å²) in [4.78, 5) is 9.97. The number of likely N-dealkylation sites (tertiary alicyclic amines) is 1. The maximum absolute atomic E-state index is 5.57. The van der Waals surface area contributed by atoms with Crippen LogP contribution in [0.4, 0.5) is 0 Å². The van der Waals surface area contributed by atoms with Gasteiger partial charge in [0, 0.05) is 50.8 Å². The van der Waals surface area contributed by atoms with Crippen LogP contribution in [0.1, 0.15) is 39.2 Å². The summed E-state index contributed by atoms with van der Waals surface area (Å²) in [7, 11) is 0. The fourth-order valence-electron chi connectivity index (χ4n) is 4.31. The molecule has 6 heteroatoms. The summed E-state index contributed by atoms with van der Waals surface area (Å²) in [6.07, 6.45) is 2.32. The Labute approximate surface area is 176 Å². The first-order chi connectivity index (χ1) is 14.2. The van der Waals surface area contributed by atoms with Crippen molar-refractivity contribution in [2.24, 2.45) is 4.99 Å². The average Bonchev–Trinajstić information content (AvgIpc) is 2.74. The molecule has 2 aliphatic rings. The lowest BCUT2D eigenvalue weighted by atomic mass is 10.0. The van der Waals surface area contributed by atoms with Crippen molar-refractivity contribution >= 4 is 5.96 Å². The molecule has 6 nitrogen and oxygen atoms in total. The molecule has 0 bridgehead atoms. The highest BCUT2D eigenvalue weighted by Gasteiger charge is 2.24. The monoisotopic (exact) mass is 401 g/mol. The first-order valence-electron chi connectivity index (χ1n) is 11.3. The Morgan fingerprint density at radius 2 is 1.97 bits per heavy atom. The molecule has 29 heavy (non-hydrogen) atoms. The lowest BCUT2D eigenvalue weighted by molar-refractivity contribution is -0.0165. The Balaban J connectivity index is 1.45. The van der Waals surface area contributed by atoms with Crippen molar-refractivity contribution in [1.82, 2.24) is 20.4 Å². The van der Waals surface area contributed by atoms with E-state index >= 15 is 0 Å². The number of aliphatic imine (C=N–C) groups is 1. The van der Waals surface area contributed by atoms with E-state index in [-0.39, 0.29) is 0 Å². The summed E-state index contributed by atoms with van der Waals surface area (Å²) in [6, 6.07) is 12.2. The SMILES string of the molecule is CCNC(=NCC(C)N1CCOCC1C)NC1CCN(Cc2ccccc2)CC1. The van der Waals surface area contributed by atoms with Gasteiger partial charge in [-0.3, -0.25) is 14.8 Å². The van der Waals surface area contributed by atoms with Gasteiger partial charge in [0.2, 0.25) is 0 Å². The van der Waals surface area contributed by atoms with Crippen molar-refractivity contribution in [3.8, 4) is 0 Å². The van der Waals surface area contributed by atoms with Gasteiger partial charge in [-0.1, -0.05) is 30.3 Å². The number of nitrogens with zero attached hydrogens (tertiary/aromatic N) is 3. The Morgan fingerprint density at radius 3 is 2.66 bits per heavy atom. The molecule has 0 radical (unpaired) electrons. The normalized spacial score (nSPS) is 23.7. The molecule has 2 N–H and O–H groups in total. The first-order valence-corrected chi connectivity index (χ1v) is 11.3. The van der Waals surface area contributed by atoms with Crippen LogP contribution < -0.4 is 10.6 Å². The van der Waals surface area contributed by atoms with Crippen molar-refractivity contribution in [2.75, 3.05) is 45.9 Å². The molecule has 0 aliphatic carbocycles. The van der Waals surface area contributed by atoms with E-state index in [2.05, 4.69) is 71.5 Å². The number of rotatable bonds is 7. The second kappa shape index (κ2) is 11.5. The number of hydrogen-bond acceptors (Lipinski definition) is 4. The lowest BCUT2D eigenvalue weighted by Crippen LogP contribution is -2.51. The van der Waals surface area contributed by atoms with Crippen LogP contribution in [0.2, 0.25) is 0 Å². The van der Waals surface area contributed by atoms with Gasteiger partial charge in [0.25, 0.3) is 0 Å². The minimum atomic E-state index is 0.428. The molecule has 0 amide bonds. The van der Waals surface area contributed by atoms with Gasteiger partial charge in [0.15, 0.2) is 5.96 Å². The van der Waals surface area contributed by atoms with Gasteiger partial charge in [-0.15, -0.1) is 0 Å². The number of benzene rings is 1. The molecule has 0 aromatic heterocycles. The maximum Gasteiger partial charge on any atom is 0.191 e. The highest BCUT2D eigenvalue weighted by atomic mass is 16.5. The fourth-order valence-corrected chi connectivity index (χ4v) is 4.31. The van der Waals surface area contributed by atoms with Crippen LogP contribution in [-0.4, -0.2) is 79.8 Å². The smallest absolute Gasteiger partial charge is 0.191 e. The lowest BCUT2D eigenvalue weighted by Gasteiger charge is -2.37. The third-order valence-electron chi connectivity index (χ3n) is 6.02. The summed E-state index contributed by atoms with van der Waals surface area (Å²) in [5.74, 6) is 0.960. The highest BCUT2D eigenvalue weighted by molar-refractivity contribution is 5.80. The van der Waals surface area contributed by atoms with E-state index < -0.39 is 0 Å². The van der Waals surface area contributed by atoms with E-state index in [1.807, 2.05) is 0 Å². The predicted octanol–water partition coefficient (Wildman–Crippen LogP) is 2.32. The third-order valence-corrected chi connectivity index (χ3v) is 6.02. The molecule has 2 atom stereocenters. The van der Waals surface area contributed by atoms with Crippen molar-refractivity contribution in [1.29, 1.82) is 0 Å². The molecular formula is C23H39N5O. The molecular weight excluding hydrogens is 362 g/mol. The molecule has 2 aliphatic heterocycles. The van der Waals surface area contributed by atoms with Gasteiger partial charge in [0.1, 0.15) is 0 Å². The number of nitrogens with one attached hydrogen (secondary N) is 2. The Bertz CT molecular complexity index is 615. The molecule has 1 aromatic carbocycles. The largest absolute Gasteiger partial charge is 0.379 e. The number of piperidine rings is 1. The Kier molecular flexibility index (Phi) is 8.77. The van der Waals surface area contributed by atoms with Crippen LogP contribution in [0, 0.1) is 0 Å². The number of hydrogen-bond donors (Lipinski definition) is 2. The Hall–Kier alpha value is -1.63. The highest BCUT2D eigenvalue weighted by Crippen LogP contribution is 2.14. The second-order valence-electron chi connectivity index (χ2n) is 8.41. The Morgan fingerprint density at radius 1 is 1.21 bits per heavy atom. The quantitative estimate of drug-likeness (QED) is 0.542. The molecule has 0 saturated carbocycles. The van der Waals surface area contributed by atoms with E-state index in [9.17, 15) is 0 Å². The van der Waals surface area contributed by atoms with Crippen LogP contribution in [0.25, 0.3) is 0 Å². The topological polar surface area (TPSA) is 52.1 Å². The zero-order valence-electron chi connectivity index (χ0n) is 18.4. The zero-order valence-corrected chi connectivity index (χ0v) is 18.4. The summed E-state index contributed by atoms with van der Waals surface area (Å²) in [5, 5.41) is 7.11. The molecule has 2 saturated heterocycles. The fraction of sp³-hybridized carbons (Fsp3) is 0.696. The maximum atomic E-state index is 5.57. The third kappa shape index (κ3) is 6.98. The number of morpholine rings is 1. The van der Waals surface area contributed by atoms with Gasteiger partial charge in [-0.05, 0) is 39.2 Å². The van der Waals surface area contributed by atoms with Crippen molar-refractivity contribution in [3.05, 3.63) is 35.9 Å². The van der Waals surface area contributed by atoms with Gasteiger partial charge in [-0.25, -0.2) is 0 Å². The average molecular weight is 402 g/mol. The van der Waals surface area contributed by atoms with Gasteiger partial charge in [-0.2, -0.15) is 0 Å². The molecule has 2 fully saturated rings. The summed E-state index contributed by atoms with van der Waals surface area (Å²) < 4.78 is 5.57. The standard InChI is InChI=1S/C23H39N5O/c1-4-24-23(25-16-19(2)28-14-15-29-18-20(28)3)26-22-10-12-27(13-11-22)17-21-8-6-5-7-9-21/h5-9,19-20,22H,4,10-18H2,1-3H3,(H2,24,25,26). The van der Waals surface area contributed by atoms with Crippen LogP contribution in [0.15, 0.2) is 35.3 Å². The number of ether oxygens (including phenoxy) is 1. The van der Waals surface area contributed by atoms with E-state index in [4.69, 9.17) is 9.73 Å². The second-order valence-corrected chi connectivity index (χ2v) is 8.41. The van der Waals surface area contributed by atoms with Crippen molar-refractivity contribution in [2.45, 2.75) is 58.3 Å². The summed E-state index contributed by atoms with van der Waals surface area (Å²) in [5.41, 5.74) is 1.40. The zero-order chi connectivity index (χ0) is 20.5. The summed E-state index contributed by atoms with van der Waals surface area (Å²) in [6.45, 7) is 14.3. The van der Waals surface area contributed by atoms with E-state index in [1.165, 1.54) is 5.56 Å². The molecule has 3 rings (SSSR count). The van der Waals surface area contributed by atoms with E-state index in [1.54, 1.807) is 0 Å². The molecule has 1 aromatic rings.